The zero-order chi connectivity index (χ0) is 26.5. The van der Waals surface area contributed by atoms with E-state index in [9.17, 15) is 4.39 Å². The van der Waals surface area contributed by atoms with Crippen LogP contribution in [0.5, 0.6) is 0 Å². The zero-order valence-corrected chi connectivity index (χ0v) is 22.1. The Balaban J connectivity index is 1.22. The van der Waals surface area contributed by atoms with Crippen LogP contribution in [-0.2, 0) is 7.05 Å². The van der Waals surface area contributed by atoms with Crippen molar-refractivity contribution in [2.75, 3.05) is 13.1 Å². The molecule has 3 aromatic heterocycles. The average molecular weight is 520 g/mol. The number of aryl methyl sites for hydroxylation is 1. The van der Waals surface area contributed by atoms with E-state index in [-0.39, 0.29) is 11.9 Å². The highest BCUT2D eigenvalue weighted by atomic mass is 19.1. The van der Waals surface area contributed by atoms with E-state index in [0.29, 0.717) is 5.92 Å². The maximum atomic E-state index is 13.7. The zero-order valence-electron chi connectivity index (χ0n) is 22.1. The van der Waals surface area contributed by atoms with Gasteiger partial charge >= 0.3 is 0 Å². The number of piperidine rings is 1. The molecular formula is C32H30FN5O. The lowest BCUT2D eigenvalue weighted by Gasteiger charge is -2.35. The second-order valence-corrected chi connectivity index (χ2v) is 10.6. The van der Waals surface area contributed by atoms with Gasteiger partial charge in [0.2, 0.25) is 0 Å². The van der Waals surface area contributed by atoms with Gasteiger partial charge in [0.1, 0.15) is 11.6 Å². The Bertz CT molecular complexity index is 1770. The molecule has 1 aliphatic rings. The van der Waals surface area contributed by atoms with E-state index in [1.165, 1.54) is 28.5 Å². The summed E-state index contributed by atoms with van der Waals surface area (Å²) in [5.74, 6) is 1.24. The van der Waals surface area contributed by atoms with Gasteiger partial charge in [-0.05, 0) is 80.7 Å². The first-order valence-corrected chi connectivity index (χ1v) is 13.5. The van der Waals surface area contributed by atoms with Gasteiger partial charge < -0.3 is 8.98 Å². The van der Waals surface area contributed by atoms with Crippen LogP contribution < -0.4 is 0 Å². The van der Waals surface area contributed by atoms with Gasteiger partial charge in [0.25, 0.3) is 0 Å². The summed E-state index contributed by atoms with van der Waals surface area (Å²) in [5.41, 5.74) is 5.48. The van der Waals surface area contributed by atoms with E-state index in [1.807, 2.05) is 25.4 Å². The number of halogens is 1. The Morgan fingerprint density at radius 1 is 0.974 bits per heavy atom. The van der Waals surface area contributed by atoms with E-state index in [1.54, 1.807) is 10.9 Å². The fourth-order valence-electron chi connectivity index (χ4n) is 6.21. The third-order valence-electron chi connectivity index (χ3n) is 8.39. The van der Waals surface area contributed by atoms with Crippen LogP contribution in [0.25, 0.3) is 38.6 Å². The molecule has 6 aromatic rings. The van der Waals surface area contributed by atoms with Crippen molar-refractivity contribution >= 4 is 21.7 Å². The molecule has 0 radical (unpaired) electrons. The molecule has 0 saturated carbocycles. The van der Waals surface area contributed by atoms with Crippen molar-refractivity contribution in [3.8, 4) is 16.9 Å². The monoisotopic (exact) mass is 519 g/mol. The van der Waals surface area contributed by atoms with Crippen LogP contribution >= 0.6 is 0 Å². The molecule has 4 heterocycles. The molecule has 3 aromatic carbocycles. The molecular weight excluding hydrogens is 489 g/mol. The number of aromatic nitrogens is 4. The summed E-state index contributed by atoms with van der Waals surface area (Å²) in [6, 6.07) is 21.9. The van der Waals surface area contributed by atoms with Gasteiger partial charge in [0, 0.05) is 40.7 Å². The van der Waals surface area contributed by atoms with Crippen LogP contribution in [0.4, 0.5) is 4.39 Å². The highest BCUT2D eigenvalue weighted by molar-refractivity contribution is 5.90. The first-order valence-electron chi connectivity index (χ1n) is 13.5. The van der Waals surface area contributed by atoms with E-state index in [0.717, 1.165) is 59.5 Å². The Morgan fingerprint density at radius 3 is 2.54 bits per heavy atom. The number of hydrogen-bond donors (Lipinski definition) is 0. The van der Waals surface area contributed by atoms with E-state index in [4.69, 9.17) is 4.42 Å². The lowest BCUT2D eigenvalue weighted by molar-refractivity contribution is 0.148. The van der Waals surface area contributed by atoms with Crippen LogP contribution in [0.3, 0.4) is 0 Å². The summed E-state index contributed by atoms with van der Waals surface area (Å²) in [4.78, 5) is 2.54. The molecule has 39 heavy (non-hydrogen) atoms. The van der Waals surface area contributed by atoms with Gasteiger partial charge in [-0.3, -0.25) is 4.90 Å². The van der Waals surface area contributed by atoms with Gasteiger partial charge in [-0.2, -0.15) is 0 Å². The maximum Gasteiger partial charge on any atom is 0.128 e. The molecule has 0 bridgehead atoms. The van der Waals surface area contributed by atoms with E-state index in [2.05, 4.69) is 75.4 Å². The summed E-state index contributed by atoms with van der Waals surface area (Å²) < 4.78 is 23.7. The van der Waals surface area contributed by atoms with Crippen LogP contribution in [0.2, 0.25) is 0 Å². The maximum absolute atomic E-state index is 13.7. The van der Waals surface area contributed by atoms with E-state index < -0.39 is 0 Å². The van der Waals surface area contributed by atoms with Crippen LogP contribution in [0.1, 0.15) is 43.0 Å². The Morgan fingerprint density at radius 2 is 1.77 bits per heavy atom. The largest absolute Gasteiger partial charge is 0.466 e. The van der Waals surface area contributed by atoms with Crippen LogP contribution in [0, 0.1) is 5.82 Å². The van der Waals surface area contributed by atoms with Gasteiger partial charge in [0.15, 0.2) is 0 Å². The van der Waals surface area contributed by atoms with Crippen molar-refractivity contribution in [2.45, 2.75) is 31.7 Å². The predicted molar refractivity (Wildman–Crippen MR) is 151 cm³/mol. The third kappa shape index (κ3) is 4.14. The summed E-state index contributed by atoms with van der Waals surface area (Å²) in [7, 11) is 1.91. The number of hydrogen-bond acceptors (Lipinski definition) is 4. The molecule has 7 rings (SSSR count). The van der Waals surface area contributed by atoms with Gasteiger partial charge in [-0.25, -0.2) is 9.07 Å². The molecule has 1 unspecified atom stereocenters. The summed E-state index contributed by atoms with van der Waals surface area (Å²) in [6.45, 7) is 4.24. The first kappa shape index (κ1) is 23.9. The van der Waals surface area contributed by atoms with Gasteiger partial charge in [-0.1, -0.05) is 35.5 Å². The number of rotatable bonds is 5. The normalized spacial score (nSPS) is 15.9. The number of furan rings is 1. The highest BCUT2D eigenvalue weighted by Gasteiger charge is 2.29. The first-order chi connectivity index (χ1) is 19.1. The summed E-state index contributed by atoms with van der Waals surface area (Å²) in [5, 5.41) is 11.8. The van der Waals surface area contributed by atoms with E-state index >= 15 is 0 Å². The molecule has 6 nitrogen and oxygen atoms in total. The predicted octanol–water partition coefficient (Wildman–Crippen LogP) is 7.25. The number of likely N-dealkylation sites (tertiary alicyclic amines) is 1. The van der Waals surface area contributed by atoms with Gasteiger partial charge in [-0.15, -0.1) is 5.10 Å². The van der Waals surface area contributed by atoms with Crippen LogP contribution in [0.15, 0.2) is 89.8 Å². The third-order valence-corrected chi connectivity index (χ3v) is 8.39. The smallest absolute Gasteiger partial charge is 0.128 e. The fourth-order valence-corrected chi connectivity index (χ4v) is 6.21. The highest BCUT2D eigenvalue weighted by Crippen LogP contribution is 2.40. The lowest BCUT2D eigenvalue weighted by Crippen LogP contribution is -2.35. The minimum atomic E-state index is -0.229. The Kier molecular flexibility index (Phi) is 5.81. The average Bonchev–Trinajstić information content (AvgIpc) is 3.70. The minimum absolute atomic E-state index is 0.218. The number of nitrogens with zero attached hydrogens (tertiary/aromatic N) is 5. The molecule has 1 saturated heterocycles. The Labute approximate surface area is 226 Å². The van der Waals surface area contributed by atoms with Crippen molar-refractivity contribution < 1.29 is 8.81 Å². The second-order valence-electron chi connectivity index (χ2n) is 10.6. The number of fused-ring (bicyclic) bond motifs is 2. The molecule has 1 aliphatic heterocycles. The molecule has 196 valence electrons. The van der Waals surface area contributed by atoms with Crippen molar-refractivity contribution in [2.24, 2.45) is 7.05 Å². The molecule has 1 fully saturated rings. The van der Waals surface area contributed by atoms with Gasteiger partial charge in [0.05, 0.1) is 29.7 Å². The molecule has 0 amide bonds. The standard InChI is InChI=1S/C32H30FN5O/c1-21(32-27-6-4-3-5-24(27)20-39-32)37-15-13-22(14-16-37)29-19-38(26-10-8-25(33)9-11-26)30-12-7-23(17-28(29)30)31-18-34-35-36(31)2/h3-12,17-22H,13-16H2,1-2H3. The fraction of sp³-hybridized carbons (Fsp3) is 0.250. The van der Waals surface area contributed by atoms with Crippen molar-refractivity contribution in [3.05, 3.63) is 103 Å². The van der Waals surface area contributed by atoms with Crippen molar-refractivity contribution in [3.63, 3.8) is 0 Å². The molecule has 0 N–H and O–H groups in total. The SMILES string of the molecule is CC(c1occ2ccccc12)N1CCC(c2cn(-c3ccc(F)cc3)c3ccc(-c4cnnn4C)cc23)CC1. The summed E-state index contributed by atoms with van der Waals surface area (Å²) in [6.07, 6.45) is 8.04. The lowest BCUT2D eigenvalue weighted by atomic mass is 9.88. The summed E-state index contributed by atoms with van der Waals surface area (Å²) >= 11 is 0. The molecule has 1 atom stereocenters. The molecule has 7 heteroatoms. The number of benzene rings is 3. The second kappa shape index (κ2) is 9.50. The topological polar surface area (TPSA) is 52.0 Å². The van der Waals surface area contributed by atoms with Crippen LogP contribution in [-0.4, -0.2) is 37.6 Å². The molecule has 0 spiro atoms. The van der Waals surface area contributed by atoms with Crippen molar-refractivity contribution in [1.29, 1.82) is 0 Å². The Hall–Kier alpha value is -4.23. The van der Waals surface area contributed by atoms with Crippen molar-refractivity contribution in [1.82, 2.24) is 24.5 Å². The quantitative estimate of drug-likeness (QED) is 0.241. The molecule has 0 aliphatic carbocycles. The minimum Gasteiger partial charge on any atom is -0.466 e.